The normalized spacial score (nSPS) is 10.5. The van der Waals surface area contributed by atoms with E-state index in [1.807, 2.05) is 87.5 Å². The lowest BCUT2D eigenvalue weighted by Gasteiger charge is -2.27. The van der Waals surface area contributed by atoms with Crippen molar-refractivity contribution in [1.82, 2.24) is 0 Å². The van der Waals surface area contributed by atoms with Crippen molar-refractivity contribution in [3.05, 3.63) is 90.0 Å². The molecule has 5 nitrogen and oxygen atoms in total. The van der Waals surface area contributed by atoms with Crippen molar-refractivity contribution in [3.8, 4) is 0 Å². The fraction of sp³-hybridized carbons (Fsp3) is 0.200. The first-order chi connectivity index (χ1) is 14.5. The van der Waals surface area contributed by atoms with Crippen LogP contribution in [0.5, 0.6) is 0 Å². The molecule has 0 spiro atoms. The lowest BCUT2D eigenvalue weighted by atomic mass is 10.1. The van der Waals surface area contributed by atoms with Crippen LogP contribution in [0.1, 0.15) is 29.8 Å². The molecular formula is C25H27N3O2. The largest absolute Gasteiger partial charge is 0.376 e. The molecule has 5 heteroatoms. The molecule has 0 aliphatic rings. The second-order valence-corrected chi connectivity index (χ2v) is 7.40. The quantitative estimate of drug-likeness (QED) is 0.579. The summed E-state index contributed by atoms with van der Waals surface area (Å²) in [7, 11) is 0. The molecule has 30 heavy (non-hydrogen) atoms. The van der Waals surface area contributed by atoms with Crippen LogP contribution in [-0.4, -0.2) is 24.4 Å². The van der Waals surface area contributed by atoms with Crippen LogP contribution >= 0.6 is 0 Å². The van der Waals surface area contributed by atoms with Crippen LogP contribution in [0.15, 0.2) is 78.9 Å². The Kier molecular flexibility index (Phi) is 6.86. The summed E-state index contributed by atoms with van der Waals surface area (Å²) in [6.07, 6.45) is 0. The monoisotopic (exact) mass is 401 g/mol. The molecule has 0 bridgehead atoms. The Bertz CT molecular complexity index is 1000. The zero-order valence-electron chi connectivity index (χ0n) is 17.6. The molecule has 0 aliphatic heterocycles. The molecule has 0 aromatic heterocycles. The van der Waals surface area contributed by atoms with Crippen molar-refractivity contribution >= 4 is 28.9 Å². The van der Waals surface area contributed by atoms with Gasteiger partial charge in [0.2, 0.25) is 5.91 Å². The van der Waals surface area contributed by atoms with Crippen LogP contribution in [0.3, 0.4) is 0 Å². The van der Waals surface area contributed by atoms with E-state index in [1.54, 1.807) is 17.0 Å². The first kappa shape index (κ1) is 21.1. The maximum absolute atomic E-state index is 12.9. The van der Waals surface area contributed by atoms with Gasteiger partial charge in [0, 0.05) is 28.7 Å². The number of hydrogen-bond donors (Lipinski definition) is 2. The van der Waals surface area contributed by atoms with Crippen LogP contribution in [-0.2, 0) is 4.79 Å². The molecule has 3 rings (SSSR count). The van der Waals surface area contributed by atoms with Crippen molar-refractivity contribution in [1.29, 1.82) is 0 Å². The van der Waals surface area contributed by atoms with Crippen molar-refractivity contribution in [2.75, 3.05) is 22.1 Å². The predicted octanol–water partition coefficient (Wildman–Crippen LogP) is 5.10. The molecule has 3 aromatic rings. The van der Waals surface area contributed by atoms with Crippen LogP contribution in [0, 0.1) is 6.92 Å². The van der Waals surface area contributed by atoms with Gasteiger partial charge in [-0.3, -0.25) is 9.59 Å². The first-order valence-corrected chi connectivity index (χ1v) is 10.0. The van der Waals surface area contributed by atoms with Crippen LogP contribution in [0.4, 0.5) is 17.1 Å². The van der Waals surface area contributed by atoms with Crippen molar-refractivity contribution in [2.45, 2.75) is 26.8 Å². The molecule has 0 unspecified atom stereocenters. The summed E-state index contributed by atoms with van der Waals surface area (Å²) in [4.78, 5) is 27.1. The number of carbonyl (C=O) groups is 2. The van der Waals surface area contributed by atoms with Gasteiger partial charge in [-0.25, -0.2) is 0 Å². The van der Waals surface area contributed by atoms with E-state index in [2.05, 4.69) is 10.6 Å². The van der Waals surface area contributed by atoms with Crippen LogP contribution in [0.2, 0.25) is 0 Å². The second kappa shape index (κ2) is 9.74. The third kappa shape index (κ3) is 5.26. The Hall–Kier alpha value is -3.60. The van der Waals surface area contributed by atoms with E-state index < -0.39 is 0 Å². The van der Waals surface area contributed by atoms with Crippen molar-refractivity contribution < 1.29 is 9.59 Å². The average molecular weight is 402 g/mol. The molecule has 0 saturated heterocycles. The summed E-state index contributed by atoms with van der Waals surface area (Å²) in [5.74, 6) is -0.189. The summed E-state index contributed by atoms with van der Waals surface area (Å²) in [6, 6.07) is 24.4. The van der Waals surface area contributed by atoms with Gasteiger partial charge in [0.05, 0.1) is 6.54 Å². The zero-order valence-corrected chi connectivity index (χ0v) is 17.6. The lowest BCUT2D eigenvalue weighted by Crippen LogP contribution is -2.40. The number of carbonyl (C=O) groups excluding carboxylic acids is 2. The van der Waals surface area contributed by atoms with E-state index in [1.165, 1.54) is 0 Å². The summed E-state index contributed by atoms with van der Waals surface area (Å²) < 4.78 is 0. The van der Waals surface area contributed by atoms with Crippen LogP contribution < -0.4 is 15.5 Å². The second-order valence-electron chi connectivity index (χ2n) is 7.40. The van der Waals surface area contributed by atoms with Gasteiger partial charge in [-0.1, -0.05) is 42.5 Å². The van der Waals surface area contributed by atoms with Gasteiger partial charge >= 0.3 is 0 Å². The minimum absolute atomic E-state index is 0.0191. The SMILES string of the molecule is Cc1ccc(NC(=O)c2ccccc2)cc1NCC(=O)N(c1ccccc1)C(C)C. The minimum Gasteiger partial charge on any atom is -0.376 e. The Balaban J connectivity index is 1.69. The van der Waals surface area contributed by atoms with Crippen LogP contribution in [0.25, 0.3) is 0 Å². The van der Waals surface area contributed by atoms with Gasteiger partial charge in [0.1, 0.15) is 0 Å². The number of amides is 2. The Morgan fingerprint density at radius 2 is 1.53 bits per heavy atom. The molecule has 154 valence electrons. The molecule has 0 fully saturated rings. The first-order valence-electron chi connectivity index (χ1n) is 10.0. The van der Waals surface area contributed by atoms with E-state index in [0.717, 1.165) is 16.9 Å². The van der Waals surface area contributed by atoms with E-state index >= 15 is 0 Å². The number of hydrogen-bond acceptors (Lipinski definition) is 3. The van der Waals surface area contributed by atoms with Gasteiger partial charge in [-0.2, -0.15) is 0 Å². The van der Waals surface area contributed by atoms with E-state index in [9.17, 15) is 9.59 Å². The Morgan fingerprint density at radius 3 is 2.17 bits per heavy atom. The third-order valence-electron chi connectivity index (χ3n) is 4.78. The molecule has 3 aromatic carbocycles. The van der Waals surface area contributed by atoms with Crippen molar-refractivity contribution in [3.63, 3.8) is 0 Å². The van der Waals surface area contributed by atoms with Gasteiger partial charge in [-0.05, 0) is 62.7 Å². The lowest BCUT2D eigenvalue weighted by molar-refractivity contribution is -0.117. The van der Waals surface area contributed by atoms with E-state index in [-0.39, 0.29) is 24.4 Å². The van der Waals surface area contributed by atoms with E-state index in [0.29, 0.717) is 11.3 Å². The number of rotatable bonds is 7. The highest BCUT2D eigenvalue weighted by Crippen LogP contribution is 2.22. The number of nitrogens with one attached hydrogen (secondary N) is 2. The molecule has 2 amide bonds. The molecular weight excluding hydrogens is 374 g/mol. The maximum Gasteiger partial charge on any atom is 0.255 e. The molecule has 0 radical (unpaired) electrons. The summed E-state index contributed by atoms with van der Waals surface area (Å²) >= 11 is 0. The third-order valence-corrected chi connectivity index (χ3v) is 4.78. The Morgan fingerprint density at radius 1 is 0.900 bits per heavy atom. The summed E-state index contributed by atoms with van der Waals surface area (Å²) in [5, 5.41) is 6.13. The van der Waals surface area contributed by atoms with Crippen molar-refractivity contribution in [2.24, 2.45) is 0 Å². The summed E-state index contributed by atoms with van der Waals surface area (Å²) in [5.41, 5.74) is 3.95. The highest BCUT2D eigenvalue weighted by molar-refractivity contribution is 6.04. The van der Waals surface area contributed by atoms with E-state index in [4.69, 9.17) is 0 Å². The van der Waals surface area contributed by atoms with Gasteiger partial charge in [-0.15, -0.1) is 0 Å². The highest BCUT2D eigenvalue weighted by atomic mass is 16.2. The number of anilines is 3. The fourth-order valence-corrected chi connectivity index (χ4v) is 3.26. The molecule has 0 aliphatic carbocycles. The molecule has 0 heterocycles. The number of nitrogens with zero attached hydrogens (tertiary/aromatic N) is 1. The number of aryl methyl sites for hydroxylation is 1. The molecule has 0 saturated carbocycles. The average Bonchev–Trinajstić information content (AvgIpc) is 2.75. The maximum atomic E-state index is 12.9. The van der Waals surface area contributed by atoms with Gasteiger partial charge in [0.15, 0.2) is 0 Å². The topological polar surface area (TPSA) is 61.4 Å². The van der Waals surface area contributed by atoms with Gasteiger partial charge < -0.3 is 15.5 Å². The highest BCUT2D eigenvalue weighted by Gasteiger charge is 2.18. The predicted molar refractivity (Wildman–Crippen MR) is 123 cm³/mol. The number of benzene rings is 3. The number of para-hydroxylation sites is 1. The molecule has 2 N–H and O–H groups in total. The van der Waals surface area contributed by atoms with Gasteiger partial charge in [0.25, 0.3) is 5.91 Å². The zero-order chi connectivity index (χ0) is 21.5. The standard InChI is InChI=1S/C25H27N3O2/c1-18(2)28(22-12-8-5-9-13-22)24(29)17-26-23-16-21(15-14-19(23)3)27-25(30)20-10-6-4-7-11-20/h4-16,18,26H,17H2,1-3H3,(H,27,30). The Labute approximate surface area is 177 Å². The smallest absolute Gasteiger partial charge is 0.255 e. The fourth-order valence-electron chi connectivity index (χ4n) is 3.26. The summed E-state index contributed by atoms with van der Waals surface area (Å²) in [6.45, 7) is 6.11. The molecule has 0 atom stereocenters. The minimum atomic E-state index is -0.170.